The lowest BCUT2D eigenvalue weighted by Gasteiger charge is -2.49. The van der Waals surface area contributed by atoms with Crippen LogP contribution in [0.15, 0.2) is 18.2 Å². The Hall–Kier alpha value is -1.59. The number of likely N-dealkylation sites (tertiary alicyclic amines) is 1. The lowest BCUT2D eigenvalue weighted by atomic mass is 9.86. The first-order chi connectivity index (χ1) is 12.4. The van der Waals surface area contributed by atoms with Crippen molar-refractivity contribution in [3.63, 3.8) is 0 Å². The third kappa shape index (κ3) is 3.60. The van der Waals surface area contributed by atoms with Crippen LogP contribution in [0.4, 0.5) is 0 Å². The topological polar surface area (TPSA) is 43.9 Å². The highest BCUT2D eigenvalue weighted by Gasteiger charge is 2.43. The second-order valence-corrected chi connectivity index (χ2v) is 7.97. The number of hydrogen-bond donors (Lipinski definition) is 0. The highest BCUT2D eigenvalue weighted by Crippen LogP contribution is 2.33. The lowest BCUT2D eigenvalue weighted by molar-refractivity contribution is -0.130. The van der Waals surface area contributed by atoms with E-state index in [0.29, 0.717) is 30.1 Å². The minimum Gasteiger partial charge on any atom is -0.343 e. The second-order valence-electron chi connectivity index (χ2n) is 7.56. The molecule has 2 amide bonds. The molecule has 26 heavy (non-hydrogen) atoms. The van der Waals surface area contributed by atoms with Crippen molar-refractivity contribution in [2.24, 2.45) is 0 Å². The highest BCUT2D eigenvalue weighted by molar-refractivity contribution is 6.31. The quantitative estimate of drug-likeness (QED) is 0.796. The van der Waals surface area contributed by atoms with Crippen LogP contribution in [-0.4, -0.2) is 71.8 Å². The molecule has 1 spiro atoms. The molecule has 0 N–H and O–H groups in total. The third-order valence-corrected chi connectivity index (χ3v) is 6.50. The van der Waals surface area contributed by atoms with Gasteiger partial charge in [-0.2, -0.15) is 0 Å². The number of nitrogens with zero attached hydrogens (tertiary/aromatic N) is 3. The number of likely N-dealkylation sites (N-methyl/N-ethyl adjacent to an activating group) is 1. The van der Waals surface area contributed by atoms with Gasteiger partial charge < -0.3 is 9.80 Å². The van der Waals surface area contributed by atoms with Crippen molar-refractivity contribution in [3.8, 4) is 0 Å². The molecule has 142 valence electrons. The molecule has 1 unspecified atom stereocenters. The van der Waals surface area contributed by atoms with Crippen molar-refractivity contribution < 1.29 is 9.59 Å². The zero-order chi connectivity index (χ0) is 18.9. The summed E-state index contributed by atoms with van der Waals surface area (Å²) in [5.74, 6) is 0.258. The number of amides is 2. The molecule has 6 heteroatoms. The first kappa shape index (κ1) is 19.2. The summed E-state index contributed by atoms with van der Waals surface area (Å²) in [4.78, 5) is 31.6. The zero-order valence-electron chi connectivity index (χ0n) is 15.9. The molecule has 2 saturated heterocycles. The number of carbonyl (C=O) groups is 2. The molecular formula is C20H28ClN3O2. The van der Waals surface area contributed by atoms with E-state index in [0.717, 1.165) is 38.0 Å². The number of aryl methyl sites for hydroxylation is 1. The molecular weight excluding hydrogens is 350 g/mol. The van der Waals surface area contributed by atoms with Gasteiger partial charge in [0.15, 0.2) is 0 Å². The van der Waals surface area contributed by atoms with Gasteiger partial charge >= 0.3 is 0 Å². The molecule has 2 aliphatic rings. The molecule has 3 rings (SSSR count). The number of carbonyl (C=O) groups excluding carboxylic acids is 2. The molecule has 2 heterocycles. The van der Waals surface area contributed by atoms with Crippen molar-refractivity contribution in [3.05, 3.63) is 34.3 Å². The van der Waals surface area contributed by atoms with E-state index in [1.54, 1.807) is 6.07 Å². The Morgan fingerprint density at radius 1 is 1.23 bits per heavy atom. The van der Waals surface area contributed by atoms with Gasteiger partial charge in [0.25, 0.3) is 5.91 Å². The first-order valence-electron chi connectivity index (χ1n) is 9.41. The van der Waals surface area contributed by atoms with Crippen LogP contribution in [0.3, 0.4) is 0 Å². The monoisotopic (exact) mass is 377 g/mol. The standard InChI is InChI=1S/C20H28ClN3O2/c1-4-23-10-9-20(8-7-18(23)25)14-24(12-11-22(20)3)19(26)16-6-5-15(2)17(21)13-16/h5-6,13H,4,7-12,14H2,1-3H3. The summed E-state index contributed by atoms with van der Waals surface area (Å²) in [6.45, 7) is 7.67. The summed E-state index contributed by atoms with van der Waals surface area (Å²) in [5, 5.41) is 0.623. The van der Waals surface area contributed by atoms with Crippen LogP contribution in [0.2, 0.25) is 5.02 Å². The van der Waals surface area contributed by atoms with E-state index in [-0.39, 0.29) is 17.4 Å². The molecule has 1 aromatic rings. The van der Waals surface area contributed by atoms with Gasteiger partial charge in [0.2, 0.25) is 5.91 Å². The molecule has 0 radical (unpaired) electrons. The van der Waals surface area contributed by atoms with Gasteiger partial charge in [0.05, 0.1) is 0 Å². The van der Waals surface area contributed by atoms with Crippen molar-refractivity contribution >= 4 is 23.4 Å². The van der Waals surface area contributed by atoms with E-state index in [9.17, 15) is 9.59 Å². The maximum Gasteiger partial charge on any atom is 0.254 e. The molecule has 0 aromatic heterocycles. The van der Waals surface area contributed by atoms with Gasteiger partial charge in [0.1, 0.15) is 0 Å². The molecule has 0 saturated carbocycles. The number of piperazine rings is 1. The van der Waals surface area contributed by atoms with Gasteiger partial charge in [0, 0.05) is 55.3 Å². The van der Waals surface area contributed by atoms with E-state index >= 15 is 0 Å². The average molecular weight is 378 g/mol. The first-order valence-corrected chi connectivity index (χ1v) is 9.78. The van der Waals surface area contributed by atoms with Gasteiger partial charge in [-0.25, -0.2) is 0 Å². The Morgan fingerprint density at radius 2 is 2.00 bits per heavy atom. The number of benzene rings is 1. The van der Waals surface area contributed by atoms with Crippen LogP contribution >= 0.6 is 11.6 Å². The van der Waals surface area contributed by atoms with Gasteiger partial charge in [-0.1, -0.05) is 17.7 Å². The third-order valence-electron chi connectivity index (χ3n) is 6.09. The normalized spacial score (nSPS) is 24.8. The predicted octanol–water partition coefficient (Wildman–Crippen LogP) is 2.81. The fourth-order valence-corrected chi connectivity index (χ4v) is 4.29. The summed E-state index contributed by atoms with van der Waals surface area (Å²) >= 11 is 6.21. The summed E-state index contributed by atoms with van der Waals surface area (Å²) < 4.78 is 0. The minimum absolute atomic E-state index is 0.0299. The van der Waals surface area contributed by atoms with Crippen molar-refractivity contribution in [2.45, 2.75) is 38.6 Å². The van der Waals surface area contributed by atoms with Crippen molar-refractivity contribution in [2.75, 3.05) is 39.8 Å². The second kappa shape index (κ2) is 7.57. The molecule has 2 fully saturated rings. The average Bonchev–Trinajstić information content (AvgIpc) is 2.79. The zero-order valence-corrected chi connectivity index (χ0v) is 16.7. The van der Waals surface area contributed by atoms with Crippen LogP contribution < -0.4 is 0 Å². The Morgan fingerprint density at radius 3 is 2.69 bits per heavy atom. The Bertz CT molecular complexity index is 708. The molecule has 1 atom stereocenters. The Labute approximate surface area is 160 Å². The van der Waals surface area contributed by atoms with Crippen LogP contribution in [0.25, 0.3) is 0 Å². The molecule has 5 nitrogen and oxygen atoms in total. The van der Waals surface area contributed by atoms with E-state index in [2.05, 4.69) is 11.9 Å². The van der Waals surface area contributed by atoms with Crippen LogP contribution in [0.1, 0.15) is 42.1 Å². The van der Waals surface area contributed by atoms with Crippen molar-refractivity contribution in [1.29, 1.82) is 0 Å². The van der Waals surface area contributed by atoms with E-state index in [4.69, 9.17) is 11.6 Å². The fraction of sp³-hybridized carbons (Fsp3) is 0.600. The fourth-order valence-electron chi connectivity index (χ4n) is 4.11. The van der Waals surface area contributed by atoms with Gasteiger partial charge in [-0.3, -0.25) is 14.5 Å². The largest absolute Gasteiger partial charge is 0.343 e. The van der Waals surface area contributed by atoms with Crippen LogP contribution in [0.5, 0.6) is 0 Å². The molecule has 2 aliphatic heterocycles. The summed E-state index contributed by atoms with van der Waals surface area (Å²) in [6, 6.07) is 5.51. The number of halogens is 1. The maximum absolute atomic E-state index is 13.0. The molecule has 1 aromatic carbocycles. The smallest absolute Gasteiger partial charge is 0.254 e. The molecule has 0 aliphatic carbocycles. The van der Waals surface area contributed by atoms with Gasteiger partial charge in [-0.15, -0.1) is 0 Å². The summed E-state index contributed by atoms with van der Waals surface area (Å²) in [5.41, 5.74) is 1.49. The maximum atomic E-state index is 13.0. The van der Waals surface area contributed by atoms with E-state index in [1.165, 1.54) is 0 Å². The number of rotatable bonds is 2. The SMILES string of the molecule is CCN1CCC2(CCC1=O)CN(C(=O)c1ccc(C)c(Cl)c1)CCN2C. The van der Waals surface area contributed by atoms with E-state index < -0.39 is 0 Å². The molecule has 0 bridgehead atoms. The minimum atomic E-state index is -0.123. The Balaban J connectivity index is 1.80. The van der Waals surface area contributed by atoms with Gasteiger partial charge in [-0.05, 0) is 51.4 Å². The lowest BCUT2D eigenvalue weighted by Crippen LogP contribution is -2.62. The van der Waals surface area contributed by atoms with Crippen LogP contribution in [-0.2, 0) is 4.79 Å². The predicted molar refractivity (Wildman–Crippen MR) is 104 cm³/mol. The summed E-state index contributed by atoms with van der Waals surface area (Å²) in [7, 11) is 2.12. The number of hydrogen-bond acceptors (Lipinski definition) is 3. The van der Waals surface area contributed by atoms with Crippen molar-refractivity contribution in [1.82, 2.24) is 14.7 Å². The Kier molecular flexibility index (Phi) is 5.58. The summed E-state index contributed by atoms with van der Waals surface area (Å²) in [6.07, 6.45) is 2.26. The van der Waals surface area contributed by atoms with E-state index in [1.807, 2.05) is 35.8 Å². The highest BCUT2D eigenvalue weighted by atomic mass is 35.5. The van der Waals surface area contributed by atoms with Crippen LogP contribution in [0, 0.1) is 6.92 Å².